The van der Waals surface area contributed by atoms with Crippen LogP contribution >= 0.6 is 15.9 Å². The van der Waals surface area contributed by atoms with Crippen LogP contribution in [-0.2, 0) is 6.61 Å². The van der Waals surface area contributed by atoms with Crippen LogP contribution in [0.5, 0.6) is 11.5 Å². The second-order valence-electron chi connectivity index (χ2n) is 9.02. The molecule has 6 aromatic rings. The molecule has 0 unspecified atom stereocenters. The summed E-state index contributed by atoms with van der Waals surface area (Å²) in [5.74, 6) is 1.96. The fraction of sp³-hybridized carbons (Fsp3) is 0.0938. The van der Waals surface area contributed by atoms with E-state index in [9.17, 15) is 4.79 Å². The van der Waals surface area contributed by atoms with Crippen LogP contribution in [0.4, 0.5) is 0 Å². The van der Waals surface area contributed by atoms with Gasteiger partial charge < -0.3 is 13.9 Å². The molecule has 7 nitrogen and oxygen atoms in total. The van der Waals surface area contributed by atoms with Crippen molar-refractivity contribution in [2.24, 2.45) is 5.10 Å². The maximum absolute atomic E-state index is 13.6. The van der Waals surface area contributed by atoms with E-state index < -0.39 is 0 Å². The molecular weight excluding hydrogens is 570 g/mol. The molecule has 0 aliphatic rings. The number of para-hydroxylation sites is 1. The first kappa shape index (κ1) is 25.6. The maximum atomic E-state index is 13.6. The third-order valence-corrected chi connectivity index (χ3v) is 6.77. The first-order chi connectivity index (χ1) is 19.6. The van der Waals surface area contributed by atoms with Crippen LogP contribution in [0.15, 0.2) is 116 Å². The Kier molecular flexibility index (Phi) is 7.16. The number of benzene rings is 4. The molecular formula is C32H24BrN3O4. The first-order valence-corrected chi connectivity index (χ1v) is 13.6. The molecule has 0 radical (unpaired) electrons. The molecule has 40 heavy (non-hydrogen) atoms. The molecule has 4 aromatic carbocycles. The highest BCUT2D eigenvalue weighted by molar-refractivity contribution is 9.10. The van der Waals surface area contributed by atoms with Gasteiger partial charge in [0.25, 0.3) is 5.56 Å². The van der Waals surface area contributed by atoms with E-state index in [1.54, 1.807) is 24.4 Å². The fourth-order valence-electron chi connectivity index (χ4n) is 4.37. The quantitative estimate of drug-likeness (QED) is 0.171. The zero-order chi connectivity index (χ0) is 27.5. The van der Waals surface area contributed by atoms with E-state index in [1.165, 1.54) is 4.68 Å². The van der Waals surface area contributed by atoms with E-state index in [2.05, 4.69) is 21.0 Å². The molecule has 0 amide bonds. The van der Waals surface area contributed by atoms with Crippen LogP contribution in [0.3, 0.4) is 0 Å². The number of rotatable bonds is 8. The summed E-state index contributed by atoms with van der Waals surface area (Å²) in [5, 5.41) is 5.91. The molecule has 0 N–H and O–H groups in total. The molecule has 198 valence electrons. The lowest BCUT2D eigenvalue weighted by Gasteiger charge is -2.13. The smallest absolute Gasteiger partial charge is 0.282 e. The molecule has 0 spiro atoms. The summed E-state index contributed by atoms with van der Waals surface area (Å²) in [6.45, 7) is 2.81. The topological polar surface area (TPSA) is 78.9 Å². The number of nitrogens with zero attached hydrogens (tertiary/aromatic N) is 3. The predicted octanol–water partition coefficient (Wildman–Crippen LogP) is 7.43. The molecule has 0 atom stereocenters. The van der Waals surface area contributed by atoms with Gasteiger partial charge in [-0.05, 0) is 72.6 Å². The standard InChI is InChI=1S/C32H24BrN3O4/c1-2-38-29-16-22(12-14-28(29)39-20-21-8-4-3-5-9-21)19-34-36-31(35-26-11-7-6-10-25(26)32(36)37)30-18-23-17-24(33)13-15-27(23)40-30/h3-19H,2,20H2,1H3. The molecule has 0 saturated carbocycles. The highest BCUT2D eigenvalue weighted by Crippen LogP contribution is 2.30. The van der Waals surface area contributed by atoms with Crippen molar-refractivity contribution >= 4 is 44.0 Å². The van der Waals surface area contributed by atoms with Gasteiger partial charge in [0.2, 0.25) is 5.82 Å². The van der Waals surface area contributed by atoms with Crippen LogP contribution in [0.25, 0.3) is 33.5 Å². The van der Waals surface area contributed by atoms with Gasteiger partial charge in [0.05, 0.1) is 23.7 Å². The second-order valence-corrected chi connectivity index (χ2v) is 9.94. The van der Waals surface area contributed by atoms with Gasteiger partial charge in [-0.2, -0.15) is 9.78 Å². The van der Waals surface area contributed by atoms with Crippen LogP contribution < -0.4 is 15.0 Å². The van der Waals surface area contributed by atoms with Crippen molar-refractivity contribution in [1.82, 2.24) is 9.66 Å². The van der Waals surface area contributed by atoms with E-state index >= 15 is 0 Å². The lowest BCUT2D eigenvalue weighted by Crippen LogP contribution is -2.20. The van der Waals surface area contributed by atoms with Gasteiger partial charge in [0.1, 0.15) is 12.2 Å². The molecule has 2 heterocycles. The number of hydrogen-bond acceptors (Lipinski definition) is 6. The van der Waals surface area contributed by atoms with Gasteiger partial charge in [-0.25, -0.2) is 4.98 Å². The van der Waals surface area contributed by atoms with Crippen molar-refractivity contribution in [3.8, 4) is 23.1 Å². The minimum absolute atomic E-state index is 0.300. The number of aromatic nitrogens is 2. The van der Waals surface area contributed by atoms with E-state index in [4.69, 9.17) is 18.9 Å². The Balaban J connectivity index is 1.39. The Morgan fingerprint density at radius 1 is 0.925 bits per heavy atom. The van der Waals surface area contributed by atoms with Crippen molar-refractivity contribution in [3.63, 3.8) is 0 Å². The number of halogens is 1. The Morgan fingerprint density at radius 3 is 2.60 bits per heavy atom. The van der Waals surface area contributed by atoms with Crippen LogP contribution in [0.1, 0.15) is 18.1 Å². The number of ether oxygens (including phenoxy) is 2. The number of hydrogen-bond donors (Lipinski definition) is 0. The van der Waals surface area contributed by atoms with Gasteiger partial charge in [-0.1, -0.05) is 58.4 Å². The van der Waals surface area contributed by atoms with Crippen molar-refractivity contribution in [1.29, 1.82) is 0 Å². The molecule has 0 bridgehead atoms. The summed E-state index contributed by atoms with van der Waals surface area (Å²) in [6.07, 6.45) is 1.60. The summed E-state index contributed by atoms with van der Waals surface area (Å²) >= 11 is 3.50. The van der Waals surface area contributed by atoms with Crippen molar-refractivity contribution in [2.45, 2.75) is 13.5 Å². The number of fused-ring (bicyclic) bond motifs is 2. The fourth-order valence-corrected chi connectivity index (χ4v) is 4.75. The maximum Gasteiger partial charge on any atom is 0.282 e. The van der Waals surface area contributed by atoms with Crippen LogP contribution in [0.2, 0.25) is 0 Å². The Labute approximate surface area is 238 Å². The molecule has 6 rings (SSSR count). The largest absolute Gasteiger partial charge is 0.490 e. The lowest BCUT2D eigenvalue weighted by atomic mass is 10.2. The third-order valence-electron chi connectivity index (χ3n) is 6.28. The van der Waals surface area contributed by atoms with Gasteiger partial charge in [-0.15, -0.1) is 0 Å². The van der Waals surface area contributed by atoms with E-state index in [-0.39, 0.29) is 5.56 Å². The van der Waals surface area contributed by atoms with Crippen molar-refractivity contribution in [3.05, 3.63) is 123 Å². The SMILES string of the molecule is CCOc1cc(C=Nn2c(-c3cc4cc(Br)ccc4o3)nc3ccccc3c2=O)ccc1OCc1ccccc1. The third kappa shape index (κ3) is 5.26. The monoisotopic (exact) mass is 593 g/mol. The van der Waals surface area contributed by atoms with Gasteiger partial charge in [-0.3, -0.25) is 4.79 Å². The molecule has 0 fully saturated rings. The molecule has 8 heteroatoms. The number of furan rings is 1. The summed E-state index contributed by atoms with van der Waals surface area (Å²) < 4.78 is 20.2. The van der Waals surface area contributed by atoms with Gasteiger partial charge >= 0.3 is 0 Å². The Morgan fingerprint density at radius 2 is 1.75 bits per heavy atom. The summed E-state index contributed by atoms with van der Waals surface area (Å²) in [7, 11) is 0. The minimum atomic E-state index is -0.300. The van der Waals surface area contributed by atoms with Gasteiger partial charge in [0.15, 0.2) is 17.3 Å². The Hall–Kier alpha value is -4.69. The molecule has 0 aliphatic carbocycles. The lowest BCUT2D eigenvalue weighted by molar-refractivity contribution is 0.269. The highest BCUT2D eigenvalue weighted by Gasteiger charge is 2.17. The average Bonchev–Trinajstić information content (AvgIpc) is 3.40. The van der Waals surface area contributed by atoms with Crippen LogP contribution in [0, 0.1) is 0 Å². The van der Waals surface area contributed by atoms with Gasteiger partial charge in [0, 0.05) is 9.86 Å². The minimum Gasteiger partial charge on any atom is -0.490 e. The zero-order valence-electron chi connectivity index (χ0n) is 21.6. The summed E-state index contributed by atoms with van der Waals surface area (Å²) in [5.41, 5.74) is 2.74. The highest BCUT2D eigenvalue weighted by atomic mass is 79.9. The molecule has 2 aromatic heterocycles. The first-order valence-electron chi connectivity index (χ1n) is 12.8. The van der Waals surface area contributed by atoms with E-state index in [1.807, 2.05) is 85.8 Å². The average molecular weight is 594 g/mol. The summed E-state index contributed by atoms with van der Waals surface area (Å²) in [4.78, 5) is 18.3. The van der Waals surface area contributed by atoms with Crippen molar-refractivity contribution < 1.29 is 13.9 Å². The van der Waals surface area contributed by atoms with Crippen molar-refractivity contribution in [2.75, 3.05) is 6.61 Å². The normalized spacial score (nSPS) is 11.4. The van der Waals surface area contributed by atoms with E-state index in [0.29, 0.717) is 52.8 Å². The molecule has 0 aliphatic heterocycles. The van der Waals surface area contributed by atoms with Crippen LogP contribution in [-0.4, -0.2) is 22.5 Å². The zero-order valence-corrected chi connectivity index (χ0v) is 23.2. The van der Waals surface area contributed by atoms with E-state index in [0.717, 1.165) is 21.0 Å². The Bertz CT molecular complexity index is 1910. The predicted molar refractivity (Wildman–Crippen MR) is 160 cm³/mol. The molecule has 0 saturated heterocycles. The summed E-state index contributed by atoms with van der Waals surface area (Å²) in [6, 6.07) is 30.3. The second kappa shape index (κ2) is 11.2.